The van der Waals surface area contributed by atoms with Crippen LogP contribution < -0.4 is 5.32 Å². The van der Waals surface area contributed by atoms with Crippen molar-refractivity contribution in [2.45, 2.75) is 40.3 Å². The first kappa shape index (κ1) is 22.7. The molecule has 2 aromatic rings. The van der Waals surface area contributed by atoms with Gasteiger partial charge in [0.25, 0.3) is 0 Å². The number of aryl methyl sites for hydroxylation is 2. The maximum atomic E-state index is 5.92. The lowest BCUT2D eigenvalue weighted by molar-refractivity contribution is 0.0906. The largest absolute Gasteiger partial charge is 0.444 e. The van der Waals surface area contributed by atoms with Crippen LogP contribution in [0.2, 0.25) is 0 Å². The second kappa shape index (κ2) is 11.4. The van der Waals surface area contributed by atoms with Crippen LogP contribution in [0.1, 0.15) is 36.3 Å². The number of nitrogens with zero attached hydrogens (tertiary/aromatic N) is 3. The summed E-state index contributed by atoms with van der Waals surface area (Å²) >= 11 is 0. The lowest BCUT2D eigenvalue weighted by Gasteiger charge is -2.21. The Bertz CT molecular complexity index is 729. The molecule has 1 unspecified atom stereocenters. The normalized spacial score (nSPS) is 16.9. The highest BCUT2D eigenvalue weighted by molar-refractivity contribution is 14.0. The Morgan fingerprint density at radius 3 is 2.79 bits per heavy atom. The SMILES string of the molecule is CCNC(=NCc1nc(C)c(C)o1)N1CCC(COCc2ccccc2)C1.I. The Morgan fingerprint density at radius 1 is 1.32 bits per heavy atom. The van der Waals surface area contributed by atoms with Gasteiger partial charge in [0, 0.05) is 25.6 Å². The predicted octanol–water partition coefficient (Wildman–Crippen LogP) is 3.91. The molecular weight excluding hydrogens is 467 g/mol. The maximum absolute atomic E-state index is 5.92. The van der Waals surface area contributed by atoms with E-state index in [9.17, 15) is 0 Å². The lowest BCUT2D eigenvalue weighted by Crippen LogP contribution is -2.40. The molecule has 6 nitrogen and oxygen atoms in total. The van der Waals surface area contributed by atoms with E-state index >= 15 is 0 Å². The molecule has 0 spiro atoms. The highest BCUT2D eigenvalue weighted by Gasteiger charge is 2.25. The van der Waals surface area contributed by atoms with Gasteiger partial charge in [0.15, 0.2) is 5.96 Å². The zero-order valence-corrected chi connectivity index (χ0v) is 19.3. The van der Waals surface area contributed by atoms with Crippen molar-refractivity contribution in [1.29, 1.82) is 0 Å². The molecular formula is C21H31IN4O2. The van der Waals surface area contributed by atoms with E-state index in [4.69, 9.17) is 14.1 Å². The number of benzene rings is 1. The third-order valence-corrected chi connectivity index (χ3v) is 4.82. The molecule has 0 amide bonds. The number of ether oxygens (including phenoxy) is 1. The molecule has 2 heterocycles. The topological polar surface area (TPSA) is 62.9 Å². The molecule has 1 aliphatic heterocycles. The van der Waals surface area contributed by atoms with Gasteiger partial charge in [-0.3, -0.25) is 0 Å². The van der Waals surface area contributed by atoms with Gasteiger partial charge in [0.1, 0.15) is 12.3 Å². The molecule has 0 aliphatic carbocycles. The molecule has 0 saturated carbocycles. The van der Waals surface area contributed by atoms with Gasteiger partial charge in [0.2, 0.25) is 5.89 Å². The minimum atomic E-state index is 0. The van der Waals surface area contributed by atoms with Gasteiger partial charge in [-0.25, -0.2) is 9.98 Å². The van der Waals surface area contributed by atoms with Crippen molar-refractivity contribution < 1.29 is 9.15 Å². The van der Waals surface area contributed by atoms with Crippen molar-refractivity contribution >= 4 is 29.9 Å². The summed E-state index contributed by atoms with van der Waals surface area (Å²) in [4.78, 5) is 11.4. The van der Waals surface area contributed by atoms with Crippen LogP contribution in [0.5, 0.6) is 0 Å². The molecule has 0 radical (unpaired) electrons. The van der Waals surface area contributed by atoms with E-state index in [0.29, 0.717) is 25.0 Å². The Hall–Kier alpha value is -1.61. The fourth-order valence-corrected chi connectivity index (χ4v) is 3.25. The summed E-state index contributed by atoms with van der Waals surface area (Å²) in [7, 11) is 0. The third-order valence-electron chi connectivity index (χ3n) is 4.82. The molecule has 154 valence electrons. The standard InChI is InChI=1S/C21H30N4O2.HI/c1-4-22-21(23-12-20-24-16(2)17(3)27-20)25-11-10-19(13-25)15-26-14-18-8-6-5-7-9-18;/h5-9,19H,4,10-15H2,1-3H3,(H,22,23);1H. The Kier molecular flexibility index (Phi) is 9.24. The fourth-order valence-electron chi connectivity index (χ4n) is 3.25. The molecule has 7 heteroatoms. The van der Waals surface area contributed by atoms with Crippen molar-refractivity contribution in [2.75, 3.05) is 26.2 Å². The van der Waals surface area contributed by atoms with E-state index in [0.717, 1.165) is 50.1 Å². The number of aromatic nitrogens is 1. The van der Waals surface area contributed by atoms with Crippen LogP contribution in [0, 0.1) is 19.8 Å². The van der Waals surface area contributed by atoms with Crippen LogP contribution in [-0.2, 0) is 17.9 Å². The first-order chi connectivity index (χ1) is 13.2. The quantitative estimate of drug-likeness (QED) is 0.357. The lowest BCUT2D eigenvalue weighted by atomic mass is 10.1. The van der Waals surface area contributed by atoms with Crippen molar-refractivity contribution in [1.82, 2.24) is 15.2 Å². The molecule has 1 saturated heterocycles. The van der Waals surface area contributed by atoms with Gasteiger partial charge in [0.05, 0.1) is 18.9 Å². The second-order valence-electron chi connectivity index (χ2n) is 7.02. The van der Waals surface area contributed by atoms with E-state index in [1.165, 1.54) is 5.56 Å². The average Bonchev–Trinajstić information content (AvgIpc) is 3.26. The zero-order chi connectivity index (χ0) is 19.1. The molecule has 1 aliphatic rings. The van der Waals surface area contributed by atoms with Crippen molar-refractivity contribution in [3.8, 4) is 0 Å². The minimum Gasteiger partial charge on any atom is -0.444 e. The van der Waals surface area contributed by atoms with Crippen molar-refractivity contribution in [2.24, 2.45) is 10.9 Å². The van der Waals surface area contributed by atoms with Gasteiger partial charge in [-0.2, -0.15) is 0 Å². The van der Waals surface area contributed by atoms with Crippen LogP contribution in [-0.4, -0.2) is 42.1 Å². The van der Waals surface area contributed by atoms with Crippen LogP contribution in [0.15, 0.2) is 39.7 Å². The highest BCUT2D eigenvalue weighted by atomic mass is 127. The van der Waals surface area contributed by atoms with E-state index < -0.39 is 0 Å². The van der Waals surface area contributed by atoms with Gasteiger partial charge in [-0.05, 0) is 32.8 Å². The van der Waals surface area contributed by atoms with Gasteiger partial charge >= 0.3 is 0 Å². The second-order valence-corrected chi connectivity index (χ2v) is 7.02. The summed E-state index contributed by atoms with van der Waals surface area (Å²) in [5, 5.41) is 3.38. The van der Waals surface area contributed by atoms with Crippen LogP contribution in [0.4, 0.5) is 0 Å². The molecule has 28 heavy (non-hydrogen) atoms. The smallest absolute Gasteiger partial charge is 0.216 e. The Balaban J connectivity index is 0.00000280. The summed E-state index contributed by atoms with van der Waals surface area (Å²) in [5.41, 5.74) is 2.15. The molecule has 1 N–H and O–H groups in total. The fraction of sp³-hybridized carbons (Fsp3) is 0.524. The molecule has 1 atom stereocenters. The predicted molar refractivity (Wildman–Crippen MR) is 122 cm³/mol. The molecule has 3 rings (SSSR count). The minimum absolute atomic E-state index is 0. The van der Waals surface area contributed by atoms with Gasteiger partial charge < -0.3 is 19.4 Å². The molecule has 1 fully saturated rings. The number of halogens is 1. The van der Waals surface area contributed by atoms with Crippen molar-refractivity contribution in [3.05, 3.63) is 53.2 Å². The van der Waals surface area contributed by atoms with Crippen LogP contribution >= 0.6 is 24.0 Å². The number of likely N-dealkylation sites (tertiary alicyclic amines) is 1. The third kappa shape index (κ3) is 6.48. The number of oxazole rings is 1. The van der Waals surface area contributed by atoms with Gasteiger partial charge in [-0.15, -0.1) is 24.0 Å². The summed E-state index contributed by atoms with van der Waals surface area (Å²) < 4.78 is 11.6. The summed E-state index contributed by atoms with van der Waals surface area (Å²) in [6, 6.07) is 10.3. The maximum Gasteiger partial charge on any atom is 0.216 e. The number of guanidine groups is 1. The molecule has 1 aromatic heterocycles. The number of nitrogens with one attached hydrogen (secondary N) is 1. The van der Waals surface area contributed by atoms with Crippen LogP contribution in [0.3, 0.4) is 0 Å². The van der Waals surface area contributed by atoms with E-state index in [-0.39, 0.29) is 24.0 Å². The number of hydrogen-bond donors (Lipinski definition) is 1. The first-order valence-corrected chi connectivity index (χ1v) is 9.73. The van der Waals surface area contributed by atoms with E-state index in [1.807, 2.05) is 32.0 Å². The monoisotopic (exact) mass is 498 g/mol. The molecule has 1 aromatic carbocycles. The highest BCUT2D eigenvalue weighted by Crippen LogP contribution is 2.18. The van der Waals surface area contributed by atoms with Crippen molar-refractivity contribution in [3.63, 3.8) is 0 Å². The Morgan fingerprint density at radius 2 is 2.11 bits per heavy atom. The summed E-state index contributed by atoms with van der Waals surface area (Å²) in [5.74, 6) is 2.99. The van der Waals surface area contributed by atoms with E-state index in [1.54, 1.807) is 0 Å². The number of aliphatic imine (C=N–C) groups is 1. The zero-order valence-electron chi connectivity index (χ0n) is 17.0. The molecule has 0 bridgehead atoms. The average molecular weight is 498 g/mol. The Labute approximate surface area is 184 Å². The number of hydrogen-bond acceptors (Lipinski definition) is 4. The summed E-state index contributed by atoms with van der Waals surface area (Å²) in [6.07, 6.45) is 1.12. The van der Waals surface area contributed by atoms with Gasteiger partial charge in [-0.1, -0.05) is 30.3 Å². The summed E-state index contributed by atoms with van der Waals surface area (Å²) in [6.45, 7) is 10.7. The number of rotatable bonds is 7. The van der Waals surface area contributed by atoms with Crippen LogP contribution in [0.25, 0.3) is 0 Å². The van der Waals surface area contributed by atoms with E-state index in [2.05, 4.69) is 34.3 Å². The first-order valence-electron chi connectivity index (χ1n) is 9.73.